The molecular weight excluding hydrogens is 448 g/mol. The van der Waals surface area contributed by atoms with E-state index in [9.17, 15) is 39.3 Å². The van der Waals surface area contributed by atoms with Gasteiger partial charge in [-0.1, -0.05) is 30.3 Å². The van der Waals surface area contributed by atoms with Crippen LogP contribution in [0.1, 0.15) is 31.7 Å². The first-order valence-corrected chi connectivity index (χ1v) is 10.8. The third-order valence-electron chi connectivity index (χ3n) is 5.51. The van der Waals surface area contributed by atoms with E-state index in [0.29, 0.717) is 6.42 Å². The van der Waals surface area contributed by atoms with Gasteiger partial charge in [0.15, 0.2) is 6.04 Å². The average molecular weight is 479 g/mol. The van der Waals surface area contributed by atoms with Crippen molar-refractivity contribution in [1.82, 2.24) is 15.5 Å². The Morgan fingerprint density at radius 3 is 2.32 bits per heavy atom. The summed E-state index contributed by atoms with van der Waals surface area (Å²) in [6.45, 7) is 1.32. The zero-order valence-corrected chi connectivity index (χ0v) is 18.7. The van der Waals surface area contributed by atoms with Gasteiger partial charge in [-0.3, -0.25) is 19.2 Å². The molecule has 0 saturated carbocycles. The maximum atomic E-state index is 13.1. The molecule has 1 aromatic rings. The smallest absolute Gasteiger partial charge is 0.328 e. The molecule has 186 valence electrons. The quantitative estimate of drug-likeness (QED) is 0.218. The van der Waals surface area contributed by atoms with E-state index in [1.54, 1.807) is 30.3 Å². The summed E-state index contributed by atoms with van der Waals surface area (Å²) in [7, 11) is 0. The Hall–Kier alpha value is -3.51. The minimum atomic E-state index is -1.57. The average Bonchev–Trinajstić information content (AvgIpc) is 3.26. The molecule has 1 heterocycles. The number of aliphatic hydroxyl groups excluding tert-OH is 1. The van der Waals surface area contributed by atoms with Crippen LogP contribution in [0.2, 0.25) is 0 Å². The lowest BCUT2D eigenvalue weighted by atomic mass is 10.0. The number of nitrogens with two attached hydrogens (primary N) is 1. The van der Waals surface area contributed by atoms with Gasteiger partial charge in [0.05, 0.1) is 18.6 Å². The lowest BCUT2D eigenvalue weighted by molar-refractivity contribution is -0.148. The molecule has 1 fully saturated rings. The van der Waals surface area contributed by atoms with Gasteiger partial charge in [0.1, 0.15) is 12.1 Å². The minimum absolute atomic E-state index is 0.116. The molecule has 0 aliphatic carbocycles. The molecule has 12 nitrogen and oxygen atoms in total. The largest absolute Gasteiger partial charge is 0.481 e. The fourth-order valence-electron chi connectivity index (χ4n) is 3.76. The molecule has 1 aromatic carbocycles. The number of amides is 3. The third-order valence-corrected chi connectivity index (χ3v) is 5.51. The Labute approximate surface area is 196 Å². The van der Waals surface area contributed by atoms with Crippen LogP contribution in [-0.4, -0.2) is 86.7 Å². The van der Waals surface area contributed by atoms with Crippen molar-refractivity contribution in [2.24, 2.45) is 5.73 Å². The topological polar surface area (TPSA) is 199 Å². The van der Waals surface area contributed by atoms with Crippen LogP contribution >= 0.6 is 0 Å². The van der Waals surface area contributed by atoms with E-state index in [1.165, 1.54) is 6.92 Å². The maximum Gasteiger partial charge on any atom is 0.328 e. The van der Waals surface area contributed by atoms with Crippen molar-refractivity contribution in [3.8, 4) is 0 Å². The Morgan fingerprint density at radius 1 is 1.12 bits per heavy atom. The van der Waals surface area contributed by atoms with Crippen LogP contribution in [0.5, 0.6) is 0 Å². The normalized spacial score (nSPS) is 18.9. The molecule has 5 atom stereocenters. The van der Waals surface area contributed by atoms with E-state index < -0.39 is 66.4 Å². The van der Waals surface area contributed by atoms with Crippen molar-refractivity contribution in [3.05, 3.63) is 35.9 Å². The summed E-state index contributed by atoms with van der Waals surface area (Å²) in [4.78, 5) is 62.1. The second-order valence-corrected chi connectivity index (χ2v) is 8.21. The molecule has 7 N–H and O–H groups in total. The SMILES string of the molecule is CC(O)C(NC(=O)C1CCCN1C(=O)C(CC(=O)O)NC(=O)C(N)Cc1ccccc1)C(=O)O. The van der Waals surface area contributed by atoms with E-state index in [-0.39, 0.29) is 19.4 Å². The zero-order chi connectivity index (χ0) is 25.4. The summed E-state index contributed by atoms with van der Waals surface area (Å²) >= 11 is 0. The monoisotopic (exact) mass is 478 g/mol. The number of aliphatic hydroxyl groups is 1. The summed E-state index contributed by atoms with van der Waals surface area (Å²) in [5.41, 5.74) is 6.73. The number of aliphatic carboxylic acids is 2. The third kappa shape index (κ3) is 7.25. The van der Waals surface area contributed by atoms with Crippen LogP contribution in [0.4, 0.5) is 0 Å². The van der Waals surface area contributed by atoms with E-state index in [1.807, 2.05) is 0 Å². The van der Waals surface area contributed by atoms with Crippen LogP contribution in [0.15, 0.2) is 30.3 Å². The van der Waals surface area contributed by atoms with Gasteiger partial charge >= 0.3 is 11.9 Å². The van der Waals surface area contributed by atoms with Gasteiger partial charge in [-0.25, -0.2) is 4.79 Å². The minimum Gasteiger partial charge on any atom is -0.481 e. The first-order valence-electron chi connectivity index (χ1n) is 10.8. The van der Waals surface area contributed by atoms with Crippen LogP contribution in [0, 0.1) is 0 Å². The summed E-state index contributed by atoms with van der Waals surface area (Å²) in [6.07, 6.45) is -1.30. The van der Waals surface area contributed by atoms with E-state index in [2.05, 4.69) is 10.6 Å². The second-order valence-electron chi connectivity index (χ2n) is 8.21. The lowest BCUT2D eigenvalue weighted by Crippen LogP contribution is -2.58. The van der Waals surface area contributed by atoms with Crippen molar-refractivity contribution in [2.45, 2.75) is 62.9 Å². The van der Waals surface area contributed by atoms with Crippen molar-refractivity contribution < 1.29 is 39.3 Å². The molecule has 0 spiro atoms. The molecule has 0 bridgehead atoms. The van der Waals surface area contributed by atoms with Gasteiger partial charge in [-0.15, -0.1) is 0 Å². The number of hydrogen-bond donors (Lipinski definition) is 6. The molecule has 3 amide bonds. The van der Waals surface area contributed by atoms with Crippen molar-refractivity contribution in [2.75, 3.05) is 6.54 Å². The highest BCUT2D eigenvalue weighted by Gasteiger charge is 2.40. The maximum absolute atomic E-state index is 13.1. The number of carbonyl (C=O) groups excluding carboxylic acids is 3. The predicted octanol–water partition coefficient (Wildman–Crippen LogP) is -1.54. The number of nitrogens with zero attached hydrogens (tertiary/aromatic N) is 1. The van der Waals surface area contributed by atoms with Gasteiger partial charge in [-0.2, -0.15) is 0 Å². The lowest BCUT2D eigenvalue weighted by Gasteiger charge is -2.29. The summed E-state index contributed by atoms with van der Waals surface area (Å²) in [6, 6.07) is 3.77. The van der Waals surface area contributed by atoms with Crippen molar-refractivity contribution in [1.29, 1.82) is 0 Å². The van der Waals surface area contributed by atoms with Crippen LogP contribution in [-0.2, 0) is 30.4 Å². The Bertz CT molecular complexity index is 907. The first-order chi connectivity index (χ1) is 16.0. The van der Waals surface area contributed by atoms with E-state index in [4.69, 9.17) is 5.73 Å². The van der Waals surface area contributed by atoms with Crippen molar-refractivity contribution in [3.63, 3.8) is 0 Å². The fourth-order valence-corrected chi connectivity index (χ4v) is 3.76. The molecule has 0 aromatic heterocycles. The second kappa shape index (κ2) is 12.1. The van der Waals surface area contributed by atoms with E-state index in [0.717, 1.165) is 10.5 Å². The fraction of sp³-hybridized carbons (Fsp3) is 0.500. The molecule has 1 aliphatic heterocycles. The number of nitrogens with one attached hydrogen (secondary N) is 2. The molecule has 0 radical (unpaired) electrons. The van der Waals surface area contributed by atoms with Gasteiger partial charge < -0.3 is 36.6 Å². The highest BCUT2D eigenvalue weighted by atomic mass is 16.4. The van der Waals surface area contributed by atoms with Gasteiger partial charge in [0.25, 0.3) is 0 Å². The van der Waals surface area contributed by atoms with Crippen LogP contribution in [0.25, 0.3) is 0 Å². The summed E-state index contributed by atoms with van der Waals surface area (Å²) in [5.74, 6) is -5.08. The molecule has 12 heteroatoms. The number of carboxylic acids is 2. The van der Waals surface area contributed by atoms with Gasteiger partial charge in [-0.05, 0) is 31.7 Å². The Balaban J connectivity index is 2.11. The molecule has 1 saturated heterocycles. The number of carbonyl (C=O) groups is 5. The standard InChI is InChI=1S/C22H30N4O8/c1-12(27)18(22(33)34)25-20(31)16-8-5-9-26(16)21(32)15(11-17(28)29)24-19(30)14(23)10-13-6-3-2-4-7-13/h2-4,6-7,12,14-16,18,27H,5,8-11,23H2,1H3,(H,24,30)(H,25,31)(H,28,29)(H,33,34). The zero-order valence-electron chi connectivity index (χ0n) is 18.7. The summed E-state index contributed by atoms with van der Waals surface area (Å²) in [5, 5.41) is 32.6. The van der Waals surface area contributed by atoms with Gasteiger partial charge in [0.2, 0.25) is 17.7 Å². The molecule has 1 aliphatic rings. The number of benzene rings is 1. The van der Waals surface area contributed by atoms with Crippen LogP contribution < -0.4 is 16.4 Å². The Morgan fingerprint density at radius 2 is 1.76 bits per heavy atom. The van der Waals surface area contributed by atoms with Crippen molar-refractivity contribution >= 4 is 29.7 Å². The molecule has 34 heavy (non-hydrogen) atoms. The highest BCUT2D eigenvalue weighted by Crippen LogP contribution is 2.20. The highest BCUT2D eigenvalue weighted by molar-refractivity contribution is 5.96. The first kappa shape index (κ1) is 26.7. The summed E-state index contributed by atoms with van der Waals surface area (Å²) < 4.78 is 0. The molecule has 2 rings (SSSR count). The molecular formula is C22H30N4O8. The Kier molecular flexibility index (Phi) is 9.51. The number of hydrogen-bond acceptors (Lipinski definition) is 7. The molecule has 5 unspecified atom stereocenters. The predicted molar refractivity (Wildman–Crippen MR) is 118 cm³/mol. The van der Waals surface area contributed by atoms with Crippen LogP contribution in [0.3, 0.4) is 0 Å². The number of carboxylic acid groups (broad SMARTS) is 2. The number of likely N-dealkylation sites (tertiary alicyclic amines) is 1. The number of rotatable bonds is 11. The van der Waals surface area contributed by atoms with E-state index >= 15 is 0 Å². The van der Waals surface area contributed by atoms with Gasteiger partial charge in [0, 0.05) is 6.54 Å².